The normalized spacial score (nSPS) is 11.0. The first-order valence-electron chi connectivity index (χ1n) is 8.05. The Balaban J connectivity index is 2.23. The largest absolute Gasteiger partial charge is 0.325 e. The summed E-state index contributed by atoms with van der Waals surface area (Å²) in [6, 6.07) is 13.7. The van der Waals surface area contributed by atoms with E-state index in [1.54, 1.807) is 48.5 Å². The zero-order valence-corrected chi connectivity index (χ0v) is 15.6. The standard InChI is InChI=1S/C19H20Cl2N2O2/c1-3-19(4-2,17(24)22-15-9-5-7-13(20)11-15)18(25)23-16-10-6-8-14(21)12-16/h5-12H,3-4H2,1-2H3,(H,22,24)(H,23,25). The van der Waals surface area contributed by atoms with E-state index in [2.05, 4.69) is 10.6 Å². The van der Waals surface area contributed by atoms with E-state index in [0.717, 1.165) is 0 Å². The first-order chi connectivity index (χ1) is 11.9. The molecule has 0 fully saturated rings. The van der Waals surface area contributed by atoms with Gasteiger partial charge >= 0.3 is 0 Å². The van der Waals surface area contributed by atoms with Crippen molar-refractivity contribution in [1.82, 2.24) is 0 Å². The van der Waals surface area contributed by atoms with E-state index in [9.17, 15) is 9.59 Å². The smallest absolute Gasteiger partial charge is 0.240 e. The van der Waals surface area contributed by atoms with E-state index < -0.39 is 5.41 Å². The molecule has 0 heterocycles. The summed E-state index contributed by atoms with van der Waals surface area (Å²) >= 11 is 11.9. The van der Waals surface area contributed by atoms with Crippen molar-refractivity contribution in [2.45, 2.75) is 26.7 Å². The molecule has 0 atom stereocenters. The van der Waals surface area contributed by atoms with Crippen molar-refractivity contribution in [2.75, 3.05) is 10.6 Å². The van der Waals surface area contributed by atoms with Gasteiger partial charge in [0.2, 0.25) is 11.8 Å². The number of anilines is 2. The van der Waals surface area contributed by atoms with Crippen LogP contribution in [-0.4, -0.2) is 11.8 Å². The zero-order valence-electron chi connectivity index (χ0n) is 14.1. The predicted octanol–water partition coefficient (Wildman–Crippen LogP) is 5.38. The molecule has 25 heavy (non-hydrogen) atoms. The van der Waals surface area contributed by atoms with Gasteiger partial charge in [0, 0.05) is 21.4 Å². The summed E-state index contributed by atoms with van der Waals surface area (Å²) in [7, 11) is 0. The Morgan fingerprint density at radius 1 is 0.840 bits per heavy atom. The molecule has 4 nitrogen and oxygen atoms in total. The number of hydrogen-bond acceptors (Lipinski definition) is 2. The van der Waals surface area contributed by atoms with Crippen molar-refractivity contribution in [3.8, 4) is 0 Å². The average molecular weight is 379 g/mol. The van der Waals surface area contributed by atoms with Crippen molar-refractivity contribution in [3.63, 3.8) is 0 Å². The van der Waals surface area contributed by atoms with Crippen molar-refractivity contribution in [3.05, 3.63) is 58.6 Å². The number of carbonyl (C=O) groups is 2. The van der Waals surface area contributed by atoms with Crippen LogP contribution in [0.4, 0.5) is 11.4 Å². The fourth-order valence-corrected chi connectivity index (χ4v) is 3.01. The highest BCUT2D eigenvalue weighted by Gasteiger charge is 2.42. The van der Waals surface area contributed by atoms with Crippen LogP contribution in [0.3, 0.4) is 0 Å². The summed E-state index contributed by atoms with van der Waals surface area (Å²) in [5.74, 6) is -0.724. The summed E-state index contributed by atoms with van der Waals surface area (Å²) in [6.07, 6.45) is 0.727. The molecule has 132 valence electrons. The Hall–Kier alpha value is -2.04. The number of hydrogen-bond donors (Lipinski definition) is 2. The number of rotatable bonds is 6. The van der Waals surface area contributed by atoms with Crippen LogP contribution in [0.5, 0.6) is 0 Å². The van der Waals surface area contributed by atoms with Crippen molar-refractivity contribution in [1.29, 1.82) is 0 Å². The number of carbonyl (C=O) groups excluding carboxylic acids is 2. The maximum Gasteiger partial charge on any atom is 0.240 e. The van der Waals surface area contributed by atoms with Gasteiger partial charge < -0.3 is 10.6 Å². The molecule has 0 aliphatic heterocycles. The van der Waals surface area contributed by atoms with Gasteiger partial charge in [-0.1, -0.05) is 49.2 Å². The summed E-state index contributed by atoms with van der Waals surface area (Å²) in [5.41, 5.74) is -0.0800. The second-order valence-corrected chi connectivity index (χ2v) is 6.59. The van der Waals surface area contributed by atoms with E-state index in [1.807, 2.05) is 13.8 Å². The van der Waals surface area contributed by atoms with E-state index in [0.29, 0.717) is 34.3 Å². The van der Waals surface area contributed by atoms with Crippen LogP contribution in [0.25, 0.3) is 0 Å². The molecule has 0 aromatic heterocycles. The van der Waals surface area contributed by atoms with Crippen LogP contribution in [-0.2, 0) is 9.59 Å². The molecule has 0 radical (unpaired) electrons. The number of halogens is 2. The highest BCUT2D eigenvalue weighted by atomic mass is 35.5. The molecule has 2 amide bonds. The van der Waals surface area contributed by atoms with Crippen LogP contribution >= 0.6 is 23.2 Å². The molecule has 0 saturated carbocycles. The quantitative estimate of drug-likeness (QED) is 0.663. The van der Waals surface area contributed by atoms with Gasteiger partial charge in [0.1, 0.15) is 5.41 Å². The van der Waals surface area contributed by atoms with Crippen LogP contribution < -0.4 is 10.6 Å². The molecular formula is C19H20Cl2N2O2. The maximum atomic E-state index is 12.9. The molecule has 0 aliphatic carbocycles. The Morgan fingerprint density at radius 3 is 1.56 bits per heavy atom. The van der Waals surface area contributed by atoms with Gasteiger partial charge in [0.25, 0.3) is 0 Å². The molecule has 2 rings (SSSR count). The molecule has 2 N–H and O–H groups in total. The lowest BCUT2D eigenvalue weighted by molar-refractivity contribution is -0.137. The van der Waals surface area contributed by atoms with Gasteiger partial charge in [-0.25, -0.2) is 0 Å². The van der Waals surface area contributed by atoms with Crippen LogP contribution in [0, 0.1) is 5.41 Å². The predicted molar refractivity (Wildman–Crippen MR) is 103 cm³/mol. The lowest BCUT2D eigenvalue weighted by Crippen LogP contribution is -2.45. The highest BCUT2D eigenvalue weighted by Crippen LogP contribution is 2.31. The number of amides is 2. The highest BCUT2D eigenvalue weighted by molar-refractivity contribution is 6.31. The maximum absolute atomic E-state index is 12.9. The van der Waals surface area contributed by atoms with Crippen LogP contribution in [0.15, 0.2) is 48.5 Å². The number of nitrogens with one attached hydrogen (secondary N) is 2. The molecule has 0 spiro atoms. The van der Waals surface area contributed by atoms with Gasteiger partial charge in [-0.2, -0.15) is 0 Å². The van der Waals surface area contributed by atoms with E-state index >= 15 is 0 Å². The minimum Gasteiger partial charge on any atom is -0.325 e. The Morgan fingerprint density at radius 2 is 1.24 bits per heavy atom. The summed E-state index contributed by atoms with van der Waals surface area (Å²) in [4.78, 5) is 25.7. The molecule has 2 aromatic carbocycles. The molecule has 0 unspecified atom stereocenters. The third-order valence-electron chi connectivity index (χ3n) is 4.24. The van der Waals surface area contributed by atoms with E-state index in [1.165, 1.54) is 0 Å². The molecule has 0 saturated heterocycles. The molecule has 0 aliphatic rings. The minimum atomic E-state index is -1.19. The van der Waals surface area contributed by atoms with Gasteiger partial charge in [0.05, 0.1) is 0 Å². The molecule has 0 bridgehead atoms. The van der Waals surface area contributed by atoms with Gasteiger partial charge in [-0.05, 0) is 49.2 Å². The Bertz CT molecular complexity index is 712. The first kappa shape index (κ1) is 19.3. The third kappa shape index (κ3) is 4.53. The monoisotopic (exact) mass is 378 g/mol. The van der Waals surface area contributed by atoms with Crippen LogP contribution in [0.2, 0.25) is 10.0 Å². The first-order valence-corrected chi connectivity index (χ1v) is 8.81. The lowest BCUT2D eigenvalue weighted by atomic mass is 9.80. The summed E-state index contributed by atoms with van der Waals surface area (Å²) in [5, 5.41) is 6.61. The SMILES string of the molecule is CCC(CC)(C(=O)Nc1cccc(Cl)c1)C(=O)Nc1cccc(Cl)c1. The van der Waals surface area contributed by atoms with Crippen molar-refractivity contribution < 1.29 is 9.59 Å². The fraction of sp³-hybridized carbons (Fsp3) is 0.263. The van der Waals surface area contributed by atoms with Gasteiger partial charge in [-0.3, -0.25) is 9.59 Å². The molecular weight excluding hydrogens is 359 g/mol. The average Bonchev–Trinajstić information content (AvgIpc) is 2.56. The minimum absolute atomic E-state index is 0.362. The zero-order chi connectivity index (χ0) is 18.4. The summed E-state index contributed by atoms with van der Waals surface area (Å²) in [6.45, 7) is 3.64. The number of benzene rings is 2. The van der Waals surface area contributed by atoms with Crippen LogP contribution in [0.1, 0.15) is 26.7 Å². The third-order valence-corrected chi connectivity index (χ3v) is 4.71. The molecule has 2 aromatic rings. The Kier molecular flexibility index (Phi) is 6.45. The molecule has 6 heteroatoms. The second kappa shape index (κ2) is 8.37. The van der Waals surface area contributed by atoms with Gasteiger partial charge in [0.15, 0.2) is 0 Å². The lowest BCUT2D eigenvalue weighted by Gasteiger charge is -2.29. The van der Waals surface area contributed by atoms with E-state index in [-0.39, 0.29) is 11.8 Å². The summed E-state index contributed by atoms with van der Waals surface area (Å²) < 4.78 is 0. The Labute approximate surface area is 157 Å². The second-order valence-electron chi connectivity index (χ2n) is 5.72. The topological polar surface area (TPSA) is 58.2 Å². The fourth-order valence-electron chi connectivity index (χ4n) is 2.63. The van der Waals surface area contributed by atoms with Crippen molar-refractivity contribution >= 4 is 46.4 Å². The van der Waals surface area contributed by atoms with Gasteiger partial charge in [-0.15, -0.1) is 0 Å². The van der Waals surface area contributed by atoms with Crippen molar-refractivity contribution in [2.24, 2.45) is 5.41 Å². The van der Waals surface area contributed by atoms with E-state index in [4.69, 9.17) is 23.2 Å².